The van der Waals surface area contributed by atoms with Crippen LogP contribution in [-0.2, 0) is 5.60 Å². The van der Waals surface area contributed by atoms with Crippen LogP contribution in [0, 0.1) is 12.8 Å². The third kappa shape index (κ3) is 3.60. The Morgan fingerprint density at radius 3 is 2.48 bits per heavy atom. The van der Waals surface area contributed by atoms with Gasteiger partial charge in [0, 0.05) is 24.1 Å². The fraction of sp³-hybridized carbons (Fsp3) is 0.385. The van der Waals surface area contributed by atoms with E-state index in [1.807, 2.05) is 72.5 Å². The molecule has 1 unspecified atom stereocenters. The van der Waals surface area contributed by atoms with Crippen molar-refractivity contribution in [1.29, 1.82) is 0 Å². The Hall–Kier alpha value is -2.50. The lowest BCUT2D eigenvalue weighted by Gasteiger charge is -2.52. The van der Waals surface area contributed by atoms with Gasteiger partial charge in [-0.25, -0.2) is 4.98 Å². The van der Waals surface area contributed by atoms with Gasteiger partial charge in [-0.05, 0) is 31.7 Å². The largest absolute Gasteiger partial charge is 0.385 e. The maximum absolute atomic E-state index is 13.7. The minimum atomic E-state index is -0.860. The highest BCUT2D eigenvalue weighted by atomic mass is 32.1. The number of aliphatic hydroxyl groups is 1. The van der Waals surface area contributed by atoms with Gasteiger partial charge in [0.05, 0.1) is 11.3 Å². The first-order valence-electron chi connectivity index (χ1n) is 11.2. The van der Waals surface area contributed by atoms with Crippen molar-refractivity contribution in [3.05, 3.63) is 76.8 Å². The number of hydrogen-bond acceptors (Lipinski definition) is 4. The normalized spacial score (nSPS) is 25.8. The topological polar surface area (TPSA) is 53.4 Å². The molecular formula is C26H28N2O2S. The van der Waals surface area contributed by atoms with E-state index in [1.165, 1.54) is 11.3 Å². The summed E-state index contributed by atoms with van der Waals surface area (Å²) in [6.07, 6.45) is 4.70. The molecule has 1 aromatic heterocycles. The SMILES string of the molecule is Cc1nc(-c2ccccc2)sc1C(=O)N1CC[C@@](O)(c2ccccc2)[C@@H]2CCCCC21. The number of rotatable bonds is 3. The van der Waals surface area contributed by atoms with E-state index in [0.29, 0.717) is 13.0 Å². The molecule has 1 N–H and O–H groups in total. The van der Waals surface area contributed by atoms with Gasteiger partial charge >= 0.3 is 0 Å². The monoisotopic (exact) mass is 432 g/mol. The van der Waals surface area contributed by atoms with Gasteiger partial charge in [-0.1, -0.05) is 73.5 Å². The summed E-state index contributed by atoms with van der Waals surface area (Å²) >= 11 is 1.49. The number of hydrogen-bond donors (Lipinski definition) is 1. The summed E-state index contributed by atoms with van der Waals surface area (Å²) < 4.78 is 0. The van der Waals surface area contributed by atoms with Crippen LogP contribution in [0.3, 0.4) is 0 Å². The highest BCUT2D eigenvalue weighted by Crippen LogP contribution is 2.47. The van der Waals surface area contributed by atoms with Crippen molar-refractivity contribution >= 4 is 17.2 Å². The summed E-state index contributed by atoms with van der Waals surface area (Å²) in [5.41, 5.74) is 1.97. The van der Waals surface area contributed by atoms with E-state index in [-0.39, 0.29) is 17.9 Å². The fourth-order valence-corrected chi connectivity index (χ4v) is 6.48. The van der Waals surface area contributed by atoms with E-state index >= 15 is 0 Å². The molecule has 1 saturated carbocycles. The second-order valence-electron chi connectivity index (χ2n) is 8.80. The van der Waals surface area contributed by atoms with Crippen molar-refractivity contribution in [1.82, 2.24) is 9.88 Å². The molecule has 5 rings (SSSR count). The Bertz CT molecular complexity index is 1070. The van der Waals surface area contributed by atoms with E-state index in [0.717, 1.165) is 52.4 Å². The van der Waals surface area contributed by atoms with E-state index in [4.69, 9.17) is 4.98 Å². The number of benzene rings is 2. The molecule has 4 nitrogen and oxygen atoms in total. The second-order valence-corrected chi connectivity index (χ2v) is 9.80. The van der Waals surface area contributed by atoms with E-state index in [2.05, 4.69) is 0 Å². The quantitative estimate of drug-likeness (QED) is 0.602. The van der Waals surface area contributed by atoms with Gasteiger partial charge in [-0.3, -0.25) is 4.79 Å². The number of aryl methyl sites for hydroxylation is 1. The number of amides is 1. The molecule has 2 aliphatic rings. The van der Waals surface area contributed by atoms with Crippen molar-refractivity contribution in [2.24, 2.45) is 5.92 Å². The lowest BCUT2D eigenvalue weighted by molar-refractivity contribution is -0.110. The maximum Gasteiger partial charge on any atom is 0.266 e. The number of aromatic nitrogens is 1. The van der Waals surface area contributed by atoms with Gasteiger partial charge in [0.15, 0.2) is 0 Å². The van der Waals surface area contributed by atoms with Crippen LogP contribution in [0.1, 0.15) is 53.0 Å². The zero-order chi connectivity index (χ0) is 21.4. The molecule has 5 heteroatoms. The van der Waals surface area contributed by atoms with Gasteiger partial charge in [0.1, 0.15) is 9.88 Å². The number of carbonyl (C=O) groups is 1. The van der Waals surface area contributed by atoms with Crippen LogP contribution in [0.2, 0.25) is 0 Å². The number of nitrogens with zero attached hydrogens (tertiary/aromatic N) is 2. The smallest absolute Gasteiger partial charge is 0.266 e. The summed E-state index contributed by atoms with van der Waals surface area (Å²) in [7, 11) is 0. The predicted octanol–water partition coefficient (Wildman–Crippen LogP) is 5.41. The van der Waals surface area contributed by atoms with Gasteiger partial charge in [0.25, 0.3) is 5.91 Å². The number of thiazole rings is 1. The number of piperidine rings is 1. The summed E-state index contributed by atoms with van der Waals surface area (Å²) in [6, 6.07) is 20.1. The molecule has 160 valence electrons. The first-order chi connectivity index (χ1) is 15.1. The first kappa shape index (κ1) is 20.4. The number of fused-ring (bicyclic) bond motifs is 1. The molecule has 0 spiro atoms. The van der Waals surface area contributed by atoms with Crippen LogP contribution >= 0.6 is 11.3 Å². The van der Waals surface area contributed by atoms with Crippen molar-refractivity contribution in [3.63, 3.8) is 0 Å². The van der Waals surface area contributed by atoms with Crippen LogP contribution in [0.5, 0.6) is 0 Å². The van der Waals surface area contributed by atoms with Crippen molar-refractivity contribution in [2.75, 3.05) is 6.54 Å². The van der Waals surface area contributed by atoms with Crippen LogP contribution in [-0.4, -0.2) is 33.5 Å². The standard InChI is InChI=1S/C26H28N2O2S/c1-18-23(31-24(27-18)19-10-4-2-5-11-19)25(29)28-17-16-26(30,20-12-6-3-7-13-20)21-14-8-9-15-22(21)28/h2-7,10-13,21-22,30H,8-9,14-17H2,1H3/t21-,22?,26-/m1/s1. The molecule has 1 aliphatic heterocycles. The minimum absolute atomic E-state index is 0.0712. The third-order valence-corrected chi connectivity index (χ3v) is 8.22. The van der Waals surface area contributed by atoms with Gasteiger partial charge in [-0.15, -0.1) is 11.3 Å². The Morgan fingerprint density at radius 2 is 1.74 bits per heavy atom. The molecule has 2 aromatic carbocycles. The summed E-state index contributed by atoms with van der Waals surface area (Å²) in [6.45, 7) is 2.50. The zero-order valence-electron chi connectivity index (χ0n) is 17.8. The summed E-state index contributed by atoms with van der Waals surface area (Å²) in [4.78, 5) is 21.1. The minimum Gasteiger partial charge on any atom is -0.385 e. The number of carbonyl (C=O) groups excluding carboxylic acids is 1. The van der Waals surface area contributed by atoms with Crippen molar-refractivity contribution in [3.8, 4) is 10.6 Å². The lowest BCUT2D eigenvalue weighted by Crippen LogP contribution is -2.58. The molecule has 1 amide bonds. The molecular weight excluding hydrogens is 404 g/mol. The summed E-state index contributed by atoms with van der Waals surface area (Å²) in [5, 5.41) is 12.7. The molecule has 0 radical (unpaired) electrons. The van der Waals surface area contributed by atoms with E-state index < -0.39 is 5.60 Å². The van der Waals surface area contributed by atoms with Crippen LogP contribution in [0.25, 0.3) is 10.6 Å². The Kier molecular flexibility index (Phi) is 5.40. The Balaban J connectivity index is 1.45. The highest BCUT2D eigenvalue weighted by molar-refractivity contribution is 7.17. The molecule has 1 saturated heterocycles. The average Bonchev–Trinajstić information content (AvgIpc) is 3.22. The third-order valence-electron chi connectivity index (χ3n) is 7.02. The molecule has 3 atom stereocenters. The van der Waals surface area contributed by atoms with Crippen LogP contribution in [0.4, 0.5) is 0 Å². The van der Waals surface area contributed by atoms with E-state index in [1.54, 1.807) is 0 Å². The molecule has 2 fully saturated rings. The van der Waals surface area contributed by atoms with Gasteiger partial charge in [-0.2, -0.15) is 0 Å². The van der Waals surface area contributed by atoms with Crippen molar-refractivity contribution in [2.45, 2.75) is 50.7 Å². The van der Waals surface area contributed by atoms with Gasteiger partial charge in [0.2, 0.25) is 0 Å². The fourth-order valence-electron chi connectivity index (χ4n) is 5.45. The molecule has 31 heavy (non-hydrogen) atoms. The van der Waals surface area contributed by atoms with Crippen molar-refractivity contribution < 1.29 is 9.90 Å². The van der Waals surface area contributed by atoms with Crippen LogP contribution in [0.15, 0.2) is 60.7 Å². The Labute approximate surface area is 187 Å². The lowest BCUT2D eigenvalue weighted by atomic mass is 9.66. The molecule has 0 bridgehead atoms. The molecule has 1 aliphatic carbocycles. The predicted molar refractivity (Wildman–Crippen MR) is 124 cm³/mol. The first-order valence-corrected chi connectivity index (χ1v) is 12.0. The van der Waals surface area contributed by atoms with E-state index in [9.17, 15) is 9.90 Å². The average molecular weight is 433 g/mol. The Morgan fingerprint density at radius 1 is 1.06 bits per heavy atom. The summed E-state index contributed by atoms with van der Waals surface area (Å²) in [5.74, 6) is 0.146. The molecule has 2 heterocycles. The van der Waals surface area contributed by atoms with Crippen LogP contribution < -0.4 is 0 Å². The molecule has 3 aromatic rings. The van der Waals surface area contributed by atoms with Gasteiger partial charge < -0.3 is 10.0 Å². The second kappa shape index (κ2) is 8.21. The maximum atomic E-state index is 13.7. The number of likely N-dealkylation sites (tertiary alicyclic amines) is 1. The highest BCUT2D eigenvalue weighted by Gasteiger charge is 2.50. The zero-order valence-corrected chi connectivity index (χ0v) is 18.6.